The van der Waals surface area contributed by atoms with Crippen LogP contribution in [-0.2, 0) is 19.1 Å². The van der Waals surface area contributed by atoms with Gasteiger partial charge in [-0.1, -0.05) is 30.4 Å². The zero-order chi connectivity index (χ0) is 27.3. The van der Waals surface area contributed by atoms with Crippen molar-refractivity contribution in [3.8, 4) is 0 Å². The van der Waals surface area contributed by atoms with Gasteiger partial charge in [-0.05, 0) is 51.7 Å². The van der Waals surface area contributed by atoms with E-state index in [2.05, 4.69) is 13.2 Å². The number of aliphatic hydroxyl groups excluding tert-OH is 1. The predicted octanol–water partition coefficient (Wildman–Crippen LogP) is 2.61. The highest BCUT2D eigenvalue weighted by molar-refractivity contribution is 6.05. The van der Waals surface area contributed by atoms with E-state index in [1.165, 1.54) is 4.90 Å². The zero-order valence-electron chi connectivity index (χ0n) is 22.6. The Balaban J connectivity index is 1.86. The Kier molecular flexibility index (Phi) is 7.12. The van der Waals surface area contributed by atoms with Crippen LogP contribution < -0.4 is 4.90 Å². The van der Waals surface area contributed by atoms with Crippen LogP contribution in [0.3, 0.4) is 0 Å². The number of hydrogen-bond acceptors (Lipinski definition) is 5. The highest BCUT2D eigenvalue weighted by atomic mass is 16.5. The summed E-state index contributed by atoms with van der Waals surface area (Å²) in [6.45, 7) is 15.4. The van der Waals surface area contributed by atoms with Crippen molar-refractivity contribution in [2.45, 2.75) is 63.8 Å². The van der Waals surface area contributed by atoms with Gasteiger partial charge in [0.15, 0.2) is 0 Å². The van der Waals surface area contributed by atoms with Gasteiger partial charge < -0.3 is 24.5 Å². The fourth-order valence-corrected chi connectivity index (χ4v) is 6.90. The van der Waals surface area contributed by atoms with Crippen molar-refractivity contribution in [3.63, 3.8) is 0 Å². The van der Waals surface area contributed by atoms with Crippen molar-refractivity contribution in [3.05, 3.63) is 54.6 Å². The minimum atomic E-state index is -1.16. The molecule has 2 unspecified atom stereocenters. The van der Waals surface area contributed by atoms with E-state index in [-0.39, 0.29) is 30.9 Å². The van der Waals surface area contributed by atoms with Gasteiger partial charge in [-0.25, -0.2) is 0 Å². The van der Waals surface area contributed by atoms with Gasteiger partial charge >= 0.3 is 0 Å². The number of ether oxygens (including phenoxy) is 1. The van der Waals surface area contributed by atoms with Gasteiger partial charge in [0.2, 0.25) is 11.8 Å². The first-order valence-electron chi connectivity index (χ1n) is 13.0. The average Bonchev–Trinajstić information content (AvgIpc) is 3.42. The second kappa shape index (κ2) is 9.72. The van der Waals surface area contributed by atoms with Crippen molar-refractivity contribution in [2.75, 3.05) is 31.6 Å². The van der Waals surface area contributed by atoms with Gasteiger partial charge in [0.1, 0.15) is 11.6 Å². The molecule has 0 aromatic heterocycles. The number of amides is 3. The van der Waals surface area contributed by atoms with Gasteiger partial charge in [0.05, 0.1) is 30.1 Å². The van der Waals surface area contributed by atoms with Crippen LogP contribution in [-0.4, -0.2) is 82.7 Å². The minimum absolute atomic E-state index is 0.190. The third kappa shape index (κ3) is 3.92. The van der Waals surface area contributed by atoms with E-state index in [9.17, 15) is 19.5 Å². The molecule has 1 N–H and O–H groups in total. The summed E-state index contributed by atoms with van der Waals surface area (Å²) in [4.78, 5) is 47.1. The number of likely N-dealkylation sites (tertiary alicyclic amines) is 1. The summed E-state index contributed by atoms with van der Waals surface area (Å²) in [6.07, 6.45) is 4.35. The SMILES string of the molecule is C=CCN(C)C(=O)[C@H]1[C@H]2C(=O)N([C@H](C)CO)C(C(=O)N(CC=C)c3c(C)cccc3C)C23CC[C@]1(C)O3. The van der Waals surface area contributed by atoms with Crippen molar-refractivity contribution in [2.24, 2.45) is 11.8 Å². The van der Waals surface area contributed by atoms with Crippen LogP contribution in [0.5, 0.6) is 0 Å². The van der Waals surface area contributed by atoms with Gasteiger partial charge in [-0.3, -0.25) is 14.4 Å². The molecule has 3 saturated heterocycles. The molecule has 1 spiro atoms. The van der Waals surface area contributed by atoms with E-state index in [0.717, 1.165) is 16.8 Å². The third-order valence-electron chi connectivity index (χ3n) is 8.52. The quantitative estimate of drug-likeness (QED) is 0.517. The molecule has 0 saturated carbocycles. The predicted molar refractivity (Wildman–Crippen MR) is 142 cm³/mol. The molecule has 3 amide bonds. The van der Waals surface area contributed by atoms with Crippen molar-refractivity contribution in [1.82, 2.24) is 9.80 Å². The van der Waals surface area contributed by atoms with E-state index in [1.807, 2.05) is 39.0 Å². The van der Waals surface area contributed by atoms with Gasteiger partial charge in [-0.2, -0.15) is 0 Å². The number of rotatable bonds is 9. The summed E-state index contributed by atoms with van der Waals surface area (Å²) in [7, 11) is 1.69. The summed E-state index contributed by atoms with van der Waals surface area (Å²) in [5.41, 5.74) is 0.615. The molecule has 8 heteroatoms. The van der Waals surface area contributed by atoms with Crippen LogP contribution in [0.25, 0.3) is 0 Å². The first-order valence-corrected chi connectivity index (χ1v) is 13.0. The highest BCUT2D eigenvalue weighted by Gasteiger charge is 2.78. The first-order chi connectivity index (χ1) is 17.5. The number of aliphatic hydroxyl groups is 1. The molecule has 2 bridgehead atoms. The van der Waals surface area contributed by atoms with Gasteiger partial charge in [0, 0.05) is 25.8 Å². The molecule has 3 aliphatic heterocycles. The molecule has 3 heterocycles. The van der Waals surface area contributed by atoms with Crippen LogP contribution in [0, 0.1) is 25.7 Å². The smallest absolute Gasteiger partial charge is 0.253 e. The number of carbonyl (C=O) groups is 3. The Hall–Kier alpha value is -2.97. The molecule has 1 aromatic carbocycles. The van der Waals surface area contributed by atoms with E-state index in [1.54, 1.807) is 35.9 Å². The summed E-state index contributed by atoms with van der Waals surface area (Å²) >= 11 is 0. The second-order valence-corrected chi connectivity index (χ2v) is 11.0. The lowest BCUT2D eigenvalue weighted by Gasteiger charge is -2.39. The van der Waals surface area contributed by atoms with E-state index < -0.39 is 35.1 Å². The molecule has 3 fully saturated rings. The number of aryl methyl sites for hydroxylation is 2. The van der Waals surface area contributed by atoms with Gasteiger partial charge in [0.25, 0.3) is 5.91 Å². The normalized spacial score (nSPS) is 30.7. The molecular formula is C29H39N3O5. The summed E-state index contributed by atoms with van der Waals surface area (Å²) in [6, 6.07) is 4.24. The fourth-order valence-electron chi connectivity index (χ4n) is 6.90. The van der Waals surface area contributed by atoms with Crippen LogP contribution in [0.15, 0.2) is 43.5 Å². The summed E-state index contributed by atoms with van der Waals surface area (Å²) < 4.78 is 6.70. The number of nitrogens with zero attached hydrogens (tertiary/aromatic N) is 3. The number of benzene rings is 1. The second-order valence-electron chi connectivity index (χ2n) is 11.0. The molecule has 8 nitrogen and oxygen atoms in total. The number of hydrogen-bond donors (Lipinski definition) is 1. The summed E-state index contributed by atoms with van der Waals surface area (Å²) in [5.74, 6) is -2.32. The molecular weight excluding hydrogens is 470 g/mol. The zero-order valence-corrected chi connectivity index (χ0v) is 22.6. The molecule has 200 valence electrons. The molecule has 37 heavy (non-hydrogen) atoms. The number of anilines is 1. The topological polar surface area (TPSA) is 90.4 Å². The lowest BCUT2D eigenvalue weighted by atomic mass is 9.66. The highest BCUT2D eigenvalue weighted by Crippen LogP contribution is 2.63. The fraction of sp³-hybridized carbons (Fsp3) is 0.552. The van der Waals surface area contributed by atoms with E-state index >= 15 is 0 Å². The Morgan fingerprint density at radius 2 is 1.81 bits per heavy atom. The van der Waals surface area contributed by atoms with E-state index in [4.69, 9.17) is 4.74 Å². The van der Waals surface area contributed by atoms with Crippen molar-refractivity contribution in [1.29, 1.82) is 0 Å². The lowest BCUT2D eigenvalue weighted by molar-refractivity contribution is -0.151. The molecule has 1 aromatic rings. The number of fused-ring (bicyclic) bond motifs is 1. The maximum Gasteiger partial charge on any atom is 0.253 e. The van der Waals surface area contributed by atoms with Crippen LogP contribution in [0.1, 0.15) is 37.8 Å². The largest absolute Gasteiger partial charge is 0.394 e. The summed E-state index contributed by atoms with van der Waals surface area (Å²) in [5, 5.41) is 10.1. The minimum Gasteiger partial charge on any atom is -0.394 e. The average molecular weight is 510 g/mol. The van der Waals surface area contributed by atoms with E-state index in [0.29, 0.717) is 19.4 Å². The van der Waals surface area contributed by atoms with Crippen LogP contribution >= 0.6 is 0 Å². The standard InChI is InChI=1S/C29H39N3O5/c1-8-15-30(7)25(34)21-22-26(35)32(20(5)17-33)24(29(22)14-13-28(21,6)37-29)27(36)31(16-9-2)23-18(3)11-10-12-19(23)4/h8-12,20-22,24,33H,1-2,13-17H2,3-7H3/t20-,21-,22+,24?,28+,29?/m1/s1. The van der Waals surface area contributed by atoms with Crippen molar-refractivity contribution < 1.29 is 24.2 Å². The monoisotopic (exact) mass is 509 g/mol. The molecule has 6 atom stereocenters. The van der Waals surface area contributed by atoms with Crippen LogP contribution in [0.4, 0.5) is 5.69 Å². The first kappa shape index (κ1) is 27.1. The Bertz CT molecular complexity index is 1110. The lowest BCUT2D eigenvalue weighted by Crippen LogP contribution is -2.58. The van der Waals surface area contributed by atoms with Crippen molar-refractivity contribution >= 4 is 23.4 Å². The van der Waals surface area contributed by atoms with Gasteiger partial charge in [-0.15, -0.1) is 13.2 Å². The number of para-hydroxylation sites is 1. The Morgan fingerprint density at radius 1 is 1.19 bits per heavy atom. The molecule has 0 radical (unpaired) electrons. The number of carbonyl (C=O) groups excluding carboxylic acids is 3. The van der Waals surface area contributed by atoms with Crippen LogP contribution in [0.2, 0.25) is 0 Å². The Morgan fingerprint density at radius 3 is 2.38 bits per heavy atom. The molecule has 4 rings (SSSR count). The maximum absolute atomic E-state index is 14.6. The number of likely N-dealkylation sites (N-methyl/N-ethyl adjacent to an activating group) is 1. The maximum atomic E-state index is 14.6. The molecule has 3 aliphatic rings. The Labute approximate surface area is 219 Å². The third-order valence-corrected chi connectivity index (χ3v) is 8.52. The molecule has 0 aliphatic carbocycles.